The summed E-state index contributed by atoms with van der Waals surface area (Å²) in [6, 6.07) is 20.3. The van der Waals surface area contributed by atoms with E-state index in [-0.39, 0.29) is 5.84 Å². The number of allylic oxidation sites excluding steroid dienone is 1. The first-order chi connectivity index (χ1) is 16.3. The summed E-state index contributed by atoms with van der Waals surface area (Å²) in [6.45, 7) is 1.70. The molecule has 3 aromatic rings. The Morgan fingerprint density at radius 1 is 1.06 bits per heavy atom. The quantitative estimate of drug-likeness (QED) is 0.531. The van der Waals surface area contributed by atoms with Gasteiger partial charge in [0, 0.05) is 22.8 Å². The average Bonchev–Trinajstić information content (AvgIpc) is 2.81. The molecular formula is C26H22BFN4O2. The van der Waals surface area contributed by atoms with Gasteiger partial charge in [-0.05, 0) is 42.8 Å². The first-order valence-electron chi connectivity index (χ1n) is 10.7. The number of rotatable bonds is 4. The van der Waals surface area contributed by atoms with Gasteiger partial charge in [0.05, 0.1) is 5.69 Å². The van der Waals surface area contributed by atoms with Gasteiger partial charge < -0.3 is 16.4 Å². The third-order valence-corrected chi connectivity index (χ3v) is 5.51. The van der Waals surface area contributed by atoms with Crippen molar-refractivity contribution in [2.75, 3.05) is 0 Å². The lowest BCUT2D eigenvalue weighted by molar-refractivity contribution is -0.122. The number of amides is 2. The van der Waals surface area contributed by atoms with Crippen LogP contribution in [0.5, 0.6) is 0 Å². The molecule has 2 unspecified atom stereocenters. The minimum atomic E-state index is -1.03. The maximum Gasteiger partial charge on any atom is 0.251 e. The van der Waals surface area contributed by atoms with Crippen molar-refractivity contribution in [3.63, 3.8) is 0 Å². The van der Waals surface area contributed by atoms with Crippen molar-refractivity contribution in [3.05, 3.63) is 107 Å². The molecule has 1 fully saturated rings. The van der Waals surface area contributed by atoms with Gasteiger partial charge in [0.15, 0.2) is 0 Å². The van der Waals surface area contributed by atoms with Crippen LogP contribution in [0.15, 0.2) is 95.1 Å². The number of piperidine rings is 1. The Morgan fingerprint density at radius 2 is 1.76 bits per heavy atom. The van der Waals surface area contributed by atoms with E-state index in [2.05, 4.69) is 15.6 Å². The van der Waals surface area contributed by atoms with Gasteiger partial charge in [-0.25, -0.2) is 9.38 Å². The molecule has 2 amide bonds. The molecule has 168 valence electrons. The van der Waals surface area contributed by atoms with Crippen molar-refractivity contribution in [2.24, 2.45) is 10.7 Å². The Labute approximate surface area is 198 Å². The average molecular weight is 452 g/mol. The van der Waals surface area contributed by atoms with Crippen LogP contribution in [0.2, 0.25) is 0 Å². The fraction of sp³-hybridized carbons (Fsp3) is 0.115. The Hall–Kier alpha value is -4.20. The lowest BCUT2D eigenvalue weighted by Gasteiger charge is -2.35. The molecule has 0 saturated carbocycles. The van der Waals surface area contributed by atoms with E-state index < -0.39 is 29.6 Å². The highest BCUT2D eigenvalue weighted by molar-refractivity contribution is 6.32. The largest absolute Gasteiger partial charge is 0.402 e. The van der Waals surface area contributed by atoms with E-state index in [1.807, 2.05) is 18.2 Å². The molecule has 2 atom stereocenters. The molecule has 1 aliphatic rings. The minimum Gasteiger partial charge on any atom is -0.402 e. The predicted octanol–water partition coefficient (Wildman–Crippen LogP) is 2.59. The summed E-state index contributed by atoms with van der Waals surface area (Å²) in [5, 5.41) is 5.59. The van der Waals surface area contributed by atoms with Crippen molar-refractivity contribution in [2.45, 2.75) is 18.9 Å². The number of amidine groups is 1. The van der Waals surface area contributed by atoms with Crippen LogP contribution < -0.4 is 21.8 Å². The molecule has 1 heterocycles. The molecular weight excluding hydrogens is 430 g/mol. The summed E-state index contributed by atoms with van der Waals surface area (Å²) in [4.78, 5) is 30.9. The third-order valence-electron chi connectivity index (χ3n) is 5.51. The molecule has 34 heavy (non-hydrogen) atoms. The lowest BCUT2D eigenvalue weighted by Crippen LogP contribution is -2.57. The summed E-state index contributed by atoms with van der Waals surface area (Å²) in [5.74, 6) is -1.78. The first-order valence-corrected chi connectivity index (χ1v) is 10.7. The number of nitrogens with one attached hydrogen (secondary N) is 2. The maximum absolute atomic E-state index is 13.7. The number of hydrogen-bond donors (Lipinski definition) is 3. The number of nitrogens with zero attached hydrogens (tertiary/aromatic N) is 1. The van der Waals surface area contributed by atoms with Gasteiger partial charge >= 0.3 is 0 Å². The molecule has 2 radical (unpaired) electrons. The maximum atomic E-state index is 13.7. The van der Waals surface area contributed by atoms with Crippen LogP contribution in [0.3, 0.4) is 0 Å². The van der Waals surface area contributed by atoms with Crippen LogP contribution in [-0.4, -0.2) is 31.5 Å². The Bertz CT molecular complexity index is 1290. The highest BCUT2D eigenvalue weighted by Crippen LogP contribution is 2.34. The standard InChI is InChI=1S/C26H22BFN4O2/c1-15(29)21-22(16-10-12-19(28)13-11-16)23(31-25(33)17-6-5-7-18(27)14-17)26(34)32-24(21)30-20-8-3-2-4-9-20/h2-14,22-23H,29H2,1H3,(H,31,33)(H,30,32,34). The van der Waals surface area contributed by atoms with Gasteiger partial charge in [0.2, 0.25) is 5.91 Å². The van der Waals surface area contributed by atoms with Crippen molar-refractivity contribution in [3.8, 4) is 0 Å². The summed E-state index contributed by atoms with van der Waals surface area (Å²) in [5.41, 5.74) is 9.19. The molecule has 6 nitrogen and oxygen atoms in total. The topological polar surface area (TPSA) is 96.6 Å². The van der Waals surface area contributed by atoms with Gasteiger partial charge in [-0.15, -0.1) is 0 Å². The van der Waals surface area contributed by atoms with E-state index in [1.54, 1.807) is 49.4 Å². The van der Waals surface area contributed by atoms with E-state index in [0.29, 0.717) is 33.5 Å². The number of para-hydroxylation sites is 1. The Balaban J connectivity index is 1.80. The first kappa shape index (κ1) is 23.0. The number of nitrogens with two attached hydrogens (primary N) is 1. The van der Waals surface area contributed by atoms with Crippen LogP contribution in [0.1, 0.15) is 28.8 Å². The molecule has 0 bridgehead atoms. The van der Waals surface area contributed by atoms with Gasteiger partial charge in [-0.1, -0.05) is 54.0 Å². The smallest absolute Gasteiger partial charge is 0.251 e. The number of halogens is 1. The normalized spacial score (nSPS) is 20.5. The fourth-order valence-electron chi connectivity index (χ4n) is 3.96. The van der Waals surface area contributed by atoms with Gasteiger partial charge in [-0.2, -0.15) is 0 Å². The van der Waals surface area contributed by atoms with Crippen molar-refractivity contribution < 1.29 is 14.0 Å². The Morgan fingerprint density at radius 3 is 2.41 bits per heavy atom. The van der Waals surface area contributed by atoms with Crippen LogP contribution in [0.4, 0.5) is 10.1 Å². The number of carbonyl (C=O) groups excluding carboxylic acids is 2. The molecule has 0 aromatic heterocycles. The molecule has 3 aromatic carbocycles. The molecule has 8 heteroatoms. The number of hydrogen-bond acceptors (Lipinski definition) is 4. The molecule has 1 saturated heterocycles. The molecule has 1 aliphatic heterocycles. The third kappa shape index (κ3) is 4.91. The van der Waals surface area contributed by atoms with E-state index in [4.69, 9.17) is 13.6 Å². The lowest BCUT2D eigenvalue weighted by atomic mass is 9.79. The second-order valence-corrected chi connectivity index (χ2v) is 7.99. The number of carbonyl (C=O) groups is 2. The van der Waals surface area contributed by atoms with E-state index >= 15 is 0 Å². The summed E-state index contributed by atoms with van der Waals surface area (Å²) >= 11 is 0. The van der Waals surface area contributed by atoms with Crippen molar-refractivity contribution >= 4 is 36.6 Å². The second-order valence-electron chi connectivity index (χ2n) is 7.99. The highest BCUT2D eigenvalue weighted by Gasteiger charge is 2.41. The van der Waals surface area contributed by atoms with Crippen molar-refractivity contribution in [1.82, 2.24) is 10.6 Å². The molecule has 4 rings (SSSR count). The van der Waals surface area contributed by atoms with Gasteiger partial charge in [0.25, 0.3) is 5.91 Å². The van der Waals surface area contributed by atoms with E-state index in [0.717, 1.165) is 0 Å². The second kappa shape index (κ2) is 9.74. The number of benzene rings is 3. The van der Waals surface area contributed by atoms with Gasteiger partial charge in [0.1, 0.15) is 25.5 Å². The summed E-state index contributed by atoms with van der Waals surface area (Å²) < 4.78 is 13.7. The van der Waals surface area contributed by atoms with Crippen LogP contribution in [-0.2, 0) is 4.79 Å². The highest BCUT2D eigenvalue weighted by atomic mass is 19.1. The van der Waals surface area contributed by atoms with E-state index in [1.165, 1.54) is 18.2 Å². The van der Waals surface area contributed by atoms with Crippen LogP contribution >= 0.6 is 0 Å². The number of aliphatic imine (C=N–C) groups is 1. The molecule has 0 aliphatic carbocycles. The fourth-order valence-corrected chi connectivity index (χ4v) is 3.96. The van der Waals surface area contributed by atoms with Crippen molar-refractivity contribution in [1.29, 1.82) is 0 Å². The zero-order chi connectivity index (χ0) is 24.2. The summed E-state index contributed by atoms with van der Waals surface area (Å²) in [6.07, 6.45) is 0. The van der Waals surface area contributed by atoms with Crippen LogP contribution in [0, 0.1) is 5.82 Å². The zero-order valence-electron chi connectivity index (χ0n) is 18.5. The summed E-state index contributed by atoms with van der Waals surface area (Å²) in [7, 11) is 5.81. The molecule has 4 N–H and O–H groups in total. The SMILES string of the molecule is [B]c1cccc(C(=O)NC2C(=O)NC(=Nc3ccccc3)C(=C(C)N)C2c2ccc(F)cc2)c1. The van der Waals surface area contributed by atoms with E-state index in [9.17, 15) is 14.0 Å². The predicted molar refractivity (Wildman–Crippen MR) is 131 cm³/mol. The Kier molecular flexibility index (Phi) is 6.59. The van der Waals surface area contributed by atoms with Crippen LogP contribution in [0.25, 0.3) is 0 Å². The minimum absolute atomic E-state index is 0.278. The molecule has 0 spiro atoms. The monoisotopic (exact) mass is 452 g/mol. The zero-order valence-corrected chi connectivity index (χ0v) is 18.5. The van der Waals surface area contributed by atoms with Gasteiger partial charge in [-0.3, -0.25) is 9.59 Å².